The summed E-state index contributed by atoms with van der Waals surface area (Å²) in [4.78, 5) is 11.9. The molecule has 0 aromatic carbocycles. The molecule has 1 rings (SSSR count). The van der Waals surface area contributed by atoms with Crippen molar-refractivity contribution in [2.24, 2.45) is 0 Å². The molecule has 1 aromatic heterocycles. The van der Waals surface area contributed by atoms with Crippen molar-refractivity contribution in [1.29, 1.82) is 0 Å². The van der Waals surface area contributed by atoms with E-state index in [1.54, 1.807) is 19.1 Å². The fraction of sp³-hybridized carbons (Fsp3) is 0.375. The van der Waals surface area contributed by atoms with Crippen molar-refractivity contribution in [3.63, 3.8) is 0 Å². The first-order valence-corrected chi connectivity index (χ1v) is 5.00. The smallest absolute Gasteiger partial charge is 0.261 e. The molecule has 2 N–H and O–H groups in total. The second-order valence-electron chi connectivity index (χ2n) is 2.66. The van der Waals surface area contributed by atoms with Crippen molar-refractivity contribution < 1.29 is 9.90 Å². The molecule has 0 fully saturated rings. The van der Waals surface area contributed by atoms with Crippen LogP contribution < -0.4 is 5.32 Å². The molecule has 5 heteroatoms. The van der Waals surface area contributed by atoms with Crippen molar-refractivity contribution in [3.05, 3.63) is 21.3 Å². The summed E-state index contributed by atoms with van der Waals surface area (Å²) >= 11 is 6.88. The summed E-state index contributed by atoms with van der Waals surface area (Å²) in [7, 11) is 0. The van der Waals surface area contributed by atoms with Gasteiger partial charge < -0.3 is 10.4 Å². The van der Waals surface area contributed by atoms with Crippen LogP contribution in [0.4, 0.5) is 0 Å². The minimum absolute atomic E-state index is 0.196. The summed E-state index contributed by atoms with van der Waals surface area (Å²) in [6.45, 7) is 1.87. The van der Waals surface area contributed by atoms with Gasteiger partial charge in [-0.15, -0.1) is 11.3 Å². The van der Waals surface area contributed by atoms with E-state index in [0.29, 0.717) is 9.21 Å². The van der Waals surface area contributed by atoms with Gasteiger partial charge >= 0.3 is 0 Å². The van der Waals surface area contributed by atoms with Crippen LogP contribution in [0.5, 0.6) is 0 Å². The van der Waals surface area contributed by atoms with E-state index in [1.807, 2.05) is 0 Å². The van der Waals surface area contributed by atoms with Crippen LogP contribution in [0, 0.1) is 0 Å². The molecule has 1 amide bonds. The Morgan fingerprint density at radius 2 is 2.46 bits per heavy atom. The van der Waals surface area contributed by atoms with E-state index >= 15 is 0 Å². The van der Waals surface area contributed by atoms with Crippen LogP contribution in [0.25, 0.3) is 0 Å². The fourth-order valence-electron chi connectivity index (χ4n) is 0.764. The number of carbonyl (C=O) groups excluding carboxylic acids is 1. The topological polar surface area (TPSA) is 49.3 Å². The number of aliphatic hydroxyl groups is 1. The second-order valence-corrected chi connectivity index (χ2v) is 4.38. The highest BCUT2D eigenvalue weighted by Crippen LogP contribution is 2.20. The molecule has 0 spiro atoms. The first-order chi connectivity index (χ1) is 6.09. The molecule has 72 valence electrons. The number of hydrogen-bond donors (Lipinski definition) is 2. The van der Waals surface area contributed by atoms with E-state index in [-0.39, 0.29) is 12.5 Å². The molecule has 0 aliphatic heterocycles. The van der Waals surface area contributed by atoms with Gasteiger partial charge in [0.2, 0.25) is 0 Å². The lowest BCUT2D eigenvalue weighted by atomic mass is 10.4. The Bertz CT molecular complexity index is 298. The van der Waals surface area contributed by atoms with Crippen molar-refractivity contribution in [2.45, 2.75) is 13.0 Å². The number of rotatable bonds is 3. The molecule has 1 atom stereocenters. The van der Waals surface area contributed by atoms with Crippen molar-refractivity contribution in [1.82, 2.24) is 5.32 Å². The number of hydrogen-bond acceptors (Lipinski definition) is 3. The van der Waals surface area contributed by atoms with Gasteiger partial charge in [-0.2, -0.15) is 0 Å². The molecular formula is C8H10ClNO2S. The van der Waals surface area contributed by atoms with Gasteiger partial charge in [0.1, 0.15) is 0 Å². The Labute approximate surface area is 85.3 Å². The summed E-state index contributed by atoms with van der Waals surface area (Å²) in [6.07, 6.45) is -0.528. The molecule has 0 unspecified atom stereocenters. The first-order valence-electron chi connectivity index (χ1n) is 3.81. The van der Waals surface area contributed by atoms with Crippen LogP contribution in [0.3, 0.4) is 0 Å². The Balaban J connectivity index is 2.49. The Morgan fingerprint density at radius 1 is 1.77 bits per heavy atom. The van der Waals surface area contributed by atoms with Crippen LogP contribution in [-0.4, -0.2) is 23.7 Å². The maximum absolute atomic E-state index is 11.3. The van der Waals surface area contributed by atoms with Gasteiger partial charge in [-0.1, -0.05) is 11.6 Å². The van der Waals surface area contributed by atoms with Gasteiger partial charge in [-0.05, 0) is 19.1 Å². The van der Waals surface area contributed by atoms with E-state index in [2.05, 4.69) is 5.32 Å². The second kappa shape index (κ2) is 4.60. The maximum Gasteiger partial charge on any atom is 0.261 e. The largest absolute Gasteiger partial charge is 0.392 e. The highest BCUT2D eigenvalue weighted by atomic mass is 35.5. The Morgan fingerprint density at radius 3 is 2.92 bits per heavy atom. The summed E-state index contributed by atoms with van der Waals surface area (Å²) < 4.78 is 0.585. The van der Waals surface area contributed by atoms with Crippen LogP contribution in [0.2, 0.25) is 4.34 Å². The highest BCUT2D eigenvalue weighted by molar-refractivity contribution is 7.17. The zero-order valence-electron chi connectivity index (χ0n) is 7.08. The lowest BCUT2D eigenvalue weighted by Crippen LogP contribution is -2.29. The predicted molar refractivity (Wildman–Crippen MR) is 53.3 cm³/mol. The van der Waals surface area contributed by atoms with Gasteiger partial charge in [0.25, 0.3) is 5.91 Å². The lowest BCUT2D eigenvalue weighted by Gasteiger charge is -2.04. The van der Waals surface area contributed by atoms with E-state index in [0.717, 1.165) is 0 Å². The standard InChI is InChI=1S/C8H10ClNO2S/c1-5(11)4-10-8(12)6-2-3-7(9)13-6/h2-3,5,11H,4H2,1H3,(H,10,12)/t5-/m1/s1. The van der Waals surface area contributed by atoms with Gasteiger partial charge in [0.05, 0.1) is 15.3 Å². The fourth-order valence-corrected chi connectivity index (χ4v) is 1.72. The third-order valence-electron chi connectivity index (χ3n) is 1.36. The molecule has 0 bridgehead atoms. The van der Waals surface area contributed by atoms with Gasteiger partial charge in [0, 0.05) is 6.54 Å². The molecular weight excluding hydrogens is 210 g/mol. The first kappa shape index (κ1) is 10.5. The third-order valence-corrected chi connectivity index (χ3v) is 2.58. The monoisotopic (exact) mass is 219 g/mol. The van der Waals surface area contributed by atoms with Crippen LogP contribution in [0.1, 0.15) is 16.6 Å². The summed E-state index contributed by atoms with van der Waals surface area (Å²) in [6, 6.07) is 3.33. The van der Waals surface area contributed by atoms with Gasteiger partial charge in [-0.25, -0.2) is 0 Å². The van der Waals surface area contributed by atoms with Crippen molar-refractivity contribution in [3.8, 4) is 0 Å². The molecule has 13 heavy (non-hydrogen) atoms. The average molecular weight is 220 g/mol. The lowest BCUT2D eigenvalue weighted by molar-refractivity contribution is 0.0928. The van der Waals surface area contributed by atoms with Crippen LogP contribution in [-0.2, 0) is 0 Å². The summed E-state index contributed by atoms with van der Waals surface area (Å²) in [5, 5.41) is 11.5. The number of nitrogens with one attached hydrogen (secondary N) is 1. The van der Waals surface area contributed by atoms with E-state index in [9.17, 15) is 4.79 Å². The zero-order chi connectivity index (χ0) is 9.84. The van der Waals surface area contributed by atoms with E-state index in [4.69, 9.17) is 16.7 Å². The number of thiophene rings is 1. The van der Waals surface area contributed by atoms with E-state index < -0.39 is 6.10 Å². The molecule has 0 saturated heterocycles. The number of aliphatic hydroxyl groups excluding tert-OH is 1. The van der Waals surface area contributed by atoms with Crippen molar-refractivity contribution >= 4 is 28.8 Å². The van der Waals surface area contributed by atoms with Crippen LogP contribution >= 0.6 is 22.9 Å². The summed E-state index contributed by atoms with van der Waals surface area (Å²) in [5.74, 6) is -0.196. The molecule has 0 saturated carbocycles. The number of carbonyl (C=O) groups is 1. The third kappa shape index (κ3) is 3.34. The minimum atomic E-state index is -0.528. The van der Waals surface area contributed by atoms with E-state index in [1.165, 1.54) is 11.3 Å². The Hall–Kier alpha value is -0.580. The van der Waals surface area contributed by atoms with Crippen molar-refractivity contribution in [2.75, 3.05) is 6.54 Å². The minimum Gasteiger partial charge on any atom is -0.392 e. The van der Waals surface area contributed by atoms with Crippen LogP contribution in [0.15, 0.2) is 12.1 Å². The van der Waals surface area contributed by atoms with Gasteiger partial charge in [-0.3, -0.25) is 4.79 Å². The molecule has 0 aliphatic rings. The SMILES string of the molecule is C[C@@H](O)CNC(=O)c1ccc(Cl)s1. The quantitative estimate of drug-likeness (QED) is 0.810. The summed E-state index contributed by atoms with van der Waals surface area (Å²) in [5.41, 5.74) is 0. The highest BCUT2D eigenvalue weighted by Gasteiger charge is 2.08. The number of halogens is 1. The molecule has 3 nitrogen and oxygen atoms in total. The normalized spacial score (nSPS) is 12.5. The molecule has 1 aromatic rings. The molecule has 0 radical (unpaired) electrons. The van der Waals surface area contributed by atoms with Gasteiger partial charge in [0.15, 0.2) is 0 Å². The molecule has 0 aliphatic carbocycles. The average Bonchev–Trinajstić information content (AvgIpc) is 2.47. The number of amides is 1. The predicted octanol–water partition coefficient (Wildman–Crippen LogP) is 1.51. The Kier molecular flexibility index (Phi) is 3.71. The zero-order valence-corrected chi connectivity index (χ0v) is 8.65. The maximum atomic E-state index is 11.3. The molecule has 1 heterocycles.